The van der Waals surface area contributed by atoms with Crippen LogP contribution in [0, 0.1) is 11.7 Å². The predicted octanol–water partition coefficient (Wildman–Crippen LogP) is 2.83. The van der Waals surface area contributed by atoms with Crippen LogP contribution in [0.2, 0.25) is 0 Å². The number of halogens is 1. The number of aromatic nitrogens is 2. The lowest BCUT2D eigenvalue weighted by molar-refractivity contribution is 0.524. The summed E-state index contributed by atoms with van der Waals surface area (Å²) >= 11 is 0. The van der Waals surface area contributed by atoms with Gasteiger partial charge in [-0.05, 0) is 18.1 Å². The Labute approximate surface area is 82.4 Å². The number of hydrogen-bond donors (Lipinski definition) is 0. The molecular formula is C11H13FN2. The first-order chi connectivity index (χ1) is 6.68. The van der Waals surface area contributed by atoms with Crippen molar-refractivity contribution in [1.82, 2.24) is 9.55 Å². The summed E-state index contributed by atoms with van der Waals surface area (Å²) in [5.74, 6) is 0.306. The zero-order valence-electron chi connectivity index (χ0n) is 8.37. The van der Waals surface area contributed by atoms with E-state index in [0.29, 0.717) is 11.3 Å². The summed E-state index contributed by atoms with van der Waals surface area (Å²) in [4.78, 5) is 4.18. The molecule has 14 heavy (non-hydrogen) atoms. The van der Waals surface area contributed by atoms with Gasteiger partial charge in [-0.15, -0.1) is 0 Å². The lowest BCUT2D eigenvalue weighted by atomic mass is 10.2. The fourth-order valence-corrected chi connectivity index (χ4v) is 1.61. The molecule has 0 N–H and O–H groups in total. The number of nitrogens with zero attached hydrogens (tertiary/aromatic N) is 2. The van der Waals surface area contributed by atoms with Gasteiger partial charge in [-0.2, -0.15) is 0 Å². The lowest BCUT2D eigenvalue weighted by Crippen LogP contribution is -2.03. The quantitative estimate of drug-likeness (QED) is 0.715. The minimum Gasteiger partial charge on any atom is -0.329 e. The average molecular weight is 192 g/mol. The smallest absolute Gasteiger partial charge is 0.150 e. The highest BCUT2D eigenvalue weighted by atomic mass is 19.1. The van der Waals surface area contributed by atoms with Gasteiger partial charge in [-0.3, -0.25) is 0 Å². The van der Waals surface area contributed by atoms with Crippen LogP contribution in [-0.4, -0.2) is 9.55 Å². The second-order valence-corrected chi connectivity index (χ2v) is 3.90. The highest BCUT2D eigenvalue weighted by Gasteiger charge is 2.08. The molecule has 74 valence electrons. The normalized spacial score (nSPS) is 11.4. The average Bonchev–Trinajstić information content (AvgIpc) is 2.44. The third-order valence-electron chi connectivity index (χ3n) is 2.15. The van der Waals surface area contributed by atoms with Crippen LogP contribution in [0.25, 0.3) is 11.0 Å². The van der Waals surface area contributed by atoms with Gasteiger partial charge >= 0.3 is 0 Å². The molecule has 0 unspecified atom stereocenters. The lowest BCUT2D eigenvalue weighted by Gasteiger charge is -2.06. The SMILES string of the molecule is CC(C)Cn1cc(F)c2cccnc21. The van der Waals surface area contributed by atoms with Gasteiger partial charge in [0.1, 0.15) is 11.5 Å². The van der Waals surface area contributed by atoms with E-state index in [2.05, 4.69) is 18.8 Å². The molecule has 0 aromatic carbocycles. The molecule has 2 heterocycles. The minimum absolute atomic E-state index is 0.186. The Bertz CT molecular complexity index is 445. The Kier molecular flexibility index (Phi) is 2.23. The second kappa shape index (κ2) is 3.40. The molecule has 0 amide bonds. The van der Waals surface area contributed by atoms with Gasteiger partial charge in [0, 0.05) is 18.9 Å². The van der Waals surface area contributed by atoms with Crippen LogP contribution in [0.15, 0.2) is 24.5 Å². The first-order valence-corrected chi connectivity index (χ1v) is 4.78. The molecule has 2 rings (SSSR count). The van der Waals surface area contributed by atoms with Crippen molar-refractivity contribution in [3.63, 3.8) is 0 Å². The fraction of sp³-hybridized carbons (Fsp3) is 0.364. The third kappa shape index (κ3) is 1.50. The molecule has 2 aromatic rings. The second-order valence-electron chi connectivity index (χ2n) is 3.90. The van der Waals surface area contributed by atoms with Crippen LogP contribution in [0.1, 0.15) is 13.8 Å². The molecule has 0 fully saturated rings. The van der Waals surface area contributed by atoms with E-state index in [-0.39, 0.29) is 5.82 Å². The maximum atomic E-state index is 13.4. The molecule has 0 aliphatic carbocycles. The molecule has 0 saturated heterocycles. The van der Waals surface area contributed by atoms with Crippen molar-refractivity contribution in [2.75, 3.05) is 0 Å². The Hall–Kier alpha value is -1.38. The summed E-state index contributed by atoms with van der Waals surface area (Å²) in [6.07, 6.45) is 3.22. The van der Waals surface area contributed by atoms with E-state index in [9.17, 15) is 4.39 Å². The summed E-state index contributed by atoms with van der Waals surface area (Å²) in [5, 5.41) is 0.605. The van der Waals surface area contributed by atoms with Crippen LogP contribution >= 0.6 is 0 Å². The number of hydrogen-bond acceptors (Lipinski definition) is 1. The molecule has 2 aromatic heterocycles. The predicted molar refractivity (Wildman–Crippen MR) is 54.5 cm³/mol. The van der Waals surface area contributed by atoms with Gasteiger partial charge in [0.25, 0.3) is 0 Å². The maximum absolute atomic E-state index is 13.4. The van der Waals surface area contributed by atoms with Gasteiger partial charge < -0.3 is 4.57 Å². The molecular weight excluding hydrogens is 179 g/mol. The minimum atomic E-state index is -0.186. The Morgan fingerprint density at radius 1 is 1.50 bits per heavy atom. The van der Waals surface area contributed by atoms with Crippen molar-refractivity contribution < 1.29 is 4.39 Å². The van der Waals surface area contributed by atoms with Crippen molar-refractivity contribution in [2.24, 2.45) is 5.92 Å². The van der Waals surface area contributed by atoms with E-state index in [4.69, 9.17) is 0 Å². The Morgan fingerprint density at radius 2 is 2.29 bits per heavy atom. The van der Waals surface area contributed by atoms with Gasteiger partial charge in [-0.1, -0.05) is 13.8 Å². The van der Waals surface area contributed by atoms with Crippen LogP contribution in [0.3, 0.4) is 0 Å². The summed E-state index contributed by atoms with van der Waals surface area (Å²) < 4.78 is 15.3. The Morgan fingerprint density at radius 3 is 3.00 bits per heavy atom. The number of fused-ring (bicyclic) bond motifs is 1. The molecule has 0 atom stereocenters. The molecule has 0 aliphatic rings. The molecule has 0 saturated carbocycles. The number of rotatable bonds is 2. The summed E-state index contributed by atoms with van der Waals surface area (Å²) in [6.45, 7) is 5.01. The van der Waals surface area contributed by atoms with Crippen LogP contribution in [0.4, 0.5) is 4.39 Å². The monoisotopic (exact) mass is 192 g/mol. The van der Waals surface area contributed by atoms with E-state index in [0.717, 1.165) is 12.2 Å². The molecule has 0 aliphatic heterocycles. The first kappa shape index (κ1) is 9.19. The largest absolute Gasteiger partial charge is 0.329 e. The van der Waals surface area contributed by atoms with Gasteiger partial charge in [0.2, 0.25) is 0 Å². The van der Waals surface area contributed by atoms with E-state index in [1.165, 1.54) is 6.20 Å². The van der Waals surface area contributed by atoms with Gasteiger partial charge in [0.05, 0.1) is 5.39 Å². The standard InChI is InChI=1S/C11H13FN2/c1-8(2)6-14-7-10(12)9-4-3-5-13-11(9)14/h3-5,7-8H,6H2,1-2H3. The highest BCUT2D eigenvalue weighted by Crippen LogP contribution is 2.18. The third-order valence-corrected chi connectivity index (χ3v) is 2.15. The Balaban J connectivity index is 2.55. The van der Waals surface area contributed by atoms with Crippen molar-refractivity contribution in [3.8, 4) is 0 Å². The van der Waals surface area contributed by atoms with Crippen LogP contribution in [0.5, 0.6) is 0 Å². The van der Waals surface area contributed by atoms with E-state index >= 15 is 0 Å². The molecule has 0 spiro atoms. The summed E-state index contributed by atoms with van der Waals surface area (Å²) in [6, 6.07) is 3.51. The van der Waals surface area contributed by atoms with Crippen molar-refractivity contribution in [3.05, 3.63) is 30.3 Å². The number of pyridine rings is 1. The van der Waals surface area contributed by atoms with E-state index < -0.39 is 0 Å². The summed E-state index contributed by atoms with van der Waals surface area (Å²) in [5.41, 5.74) is 0.735. The topological polar surface area (TPSA) is 17.8 Å². The maximum Gasteiger partial charge on any atom is 0.150 e. The molecule has 3 heteroatoms. The molecule has 2 nitrogen and oxygen atoms in total. The van der Waals surface area contributed by atoms with Crippen molar-refractivity contribution in [1.29, 1.82) is 0 Å². The molecule has 0 bridgehead atoms. The highest BCUT2D eigenvalue weighted by molar-refractivity contribution is 5.76. The first-order valence-electron chi connectivity index (χ1n) is 4.78. The van der Waals surface area contributed by atoms with Gasteiger partial charge in [0.15, 0.2) is 0 Å². The van der Waals surface area contributed by atoms with Crippen molar-refractivity contribution >= 4 is 11.0 Å². The van der Waals surface area contributed by atoms with Crippen LogP contribution in [-0.2, 0) is 6.54 Å². The summed E-state index contributed by atoms with van der Waals surface area (Å²) in [7, 11) is 0. The van der Waals surface area contributed by atoms with E-state index in [1.807, 2.05) is 4.57 Å². The zero-order valence-corrected chi connectivity index (χ0v) is 8.37. The van der Waals surface area contributed by atoms with E-state index in [1.54, 1.807) is 18.3 Å². The fourth-order valence-electron chi connectivity index (χ4n) is 1.61. The zero-order chi connectivity index (χ0) is 10.1. The van der Waals surface area contributed by atoms with Gasteiger partial charge in [-0.25, -0.2) is 9.37 Å². The molecule has 0 radical (unpaired) electrons. The van der Waals surface area contributed by atoms with Crippen molar-refractivity contribution in [2.45, 2.75) is 20.4 Å². The van der Waals surface area contributed by atoms with Crippen LogP contribution < -0.4 is 0 Å².